The lowest BCUT2D eigenvalue weighted by Crippen LogP contribution is -2.70. The van der Waals surface area contributed by atoms with E-state index in [1.165, 1.54) is 7.11 Å². The maximum absolute atomic E-state index is 12.9. The van der Waals surface area contributed by atoms with E-state index in [4.69, 9.17) is 66.3 Å². The van der Waals surface area contributed by atoms with Crippen molar-refractivity contribution in [3.63, 3.8) is 0 Å². The summed E-state index contributed by atoms with van der Waals surface area (Å²) in [5, 5.41) is 209. The quantitative estimate of drug-likeness (QED) is 0.0427. The van der Waals surface area contributed by atoms with E-state index in [0.29, 0.717) is 0 Å². The maximum atomic E-state index is 12.9. The van der Waals surface area contributed by atoms with Crippen molar-refractivity contribution >= 4 is 23.6 Å². The molecule has 40 heteroatoms. The Morgan fingerprint density at radius 1 is 0.297 bits per heavy atom. The molecule has 40 nitrogen and oxygen atoms in total. The van der Waals surface area contributed by atoms with Gasteiger partial charge in [0.25, 0.3) is 0 Å². The van der Waals surface area contributed by atoms with Crippen LogP contribution in [-0.2, 0) is 85.5 Å². The number of carbonyl (C=O) groups excluding carboxylic acids is 4. The van der Waals surface area contributed by atoms with Crippen molar-refractivity contribution in [2.24, 2.45) is 0 Å². The van der Waals surface area contributed by atoms with Crippen LogP contribution >= 0.6 is 0 Å². The van der Waals surface area contributed by atoms with Crippen molar-refractivity contribution in [2.45, 2.75) is 242 Å². The molecule has 0 aromatic rings. The molecule has 4 amide bonds. The second kappa shape index (κ2) is 33.0. The number of aliphatic hydroxyl groups excluding tert-OH is 18. The zero-order valence-corrected chi connectivity index (χ0v) is 49.6. The van der Waals surface area contributed by atoms with Crippen molar-refractivity contribution in [3.05, 3.63) is 0 Å². The van der Waals surface area contributed by atoms with E-state index in [-0.39, 0.29) is 0 Å². The Labute approximate surface area is 517 Å². The lowest BCUT2D eigenvalue weighted by Gasteiger charge is -2.51. The Hall–Kier alpha value is -3.40. The molecule has 7 fully saturated rings. The van der Waals surface area contributed by atoms with Crippen molar-refractivity contribution in [1.29, 1.82) is 0 Å². The summed E-state index contributed by atoms with van der Waals surface area (Å²) in [4.78, 5) is 49.7. The molecule has 0 aromatic carbocycles. The molecule has 0 spiro atoms. The zero-order valence-electron chi connectivity index (χ0n) is 49.6. The summed E-state index contributed by atoms with van der Waals surface area (Å²) < 4.78 is 82.6. The van der Waals surface area contributed by atoms with Crippen LogP contribution in [0.25, 0.3) is 0 Å². The van der Waals surface area contributed by atoms with Gasteiger partial charge in [0, 0.05) is 34.8 Å². The first-order valence-electron chi connectivity index (χ1n) is 29.0. The van der Waals surface area contributed by atoms with E-state index in [1.807, 2.05) is 0 Å². The van der Waals surface area contributed by atoms with Gasteiger partial charge in [0.1, 0.15) is 171 Å². The van der Waals surface area contributed by atoms with E-state index in [9.17, 15) is 111 Å². The van der Waals surface area contributed by atoms with Gasteiger partial charge in [0.15, 0.2) is 44.0 Å². The van der Waals surface area contributed by atoms with Gasteiger partial charge in [-0.25, -0.2) is 0 Å². The summed E-state index contributed by atoms with van der Waals surface area (Å²) in [6.07, 6.45) is -60.7. The lowest BCUT2D eigenvalue weighted by atomic mass is 9.93. The summed E-state index contributed by atoms with van der Waals surface area (Å²) in [5.74, 6) is -3.16. The smallest absolute Gasteiger partial charge is 0.217 e. The van der Waals surface area contributed by atoms with Crippen molar-refractivity contribution < 1.29 is 177 Å². The zero-order chi connectivity index (χ0) is 67.2. The Morgan fingerprint density at radius 2 is 0.582 bits per heavy atom. The van der Waals surface area contributed by atoms with Gasteiger partial charge >= 0.3 is 0 Å². The highest BCUT2D eigenvalue weighted by Gasteiger charge is 2.59. The van der Waals surface area contributed by atoms with Gasteiger partial charge in [-0.05, 0) is 0 Å². The number of ether oxygens (including phenoxy) is 14. The van der Waals surface area contributed by atoms with Crippen molar-refractivity contribution in [3.8, 4) is 0 Å². The predicted molar refractivity (Wildman–Crippen MR) is 283 cm³/mol. The highest BCUT2D eigenvalue weighted by Crippen LogP contribution is 2.38. The van der Waals surface area contributed by atoms with Crippen LogP contribution in [0.3, 0.4) is 0 Å². The minimum atomic E-state index is -2.44. The monoisotopic (exact) mass is 1330 g/mol. The number of methoxy groups -OCH3 is 1. The van der Waals surface area contributed by atoms with Gasteiger partial charge in [0.05, 0.1) is 46.2 Å². The molecule has 91 heavy (non-hydrogen) atoms. The molecule has 35 atom stereocenters. The first-order valence-corrected chi connectivity index (χ1v) is 29.0. The highest BCUT2D eigenvalue weighted by molar-refractivity contribution is 5.74. The average Bonchev–Trinajstić information content (AvgIpc) is 0.949. The fourth-order valence-electron chi connectivity index (χ4n) is 11.7. The van der Waals surface area contributed by atoms with E-state index in [2.05, 4.69) is 21.3 Å². The largest absolute Gasteiger partial charge is 0.394 e. The molecular weight excluding hydrogens is 1240 g/mol. The number of aliphatic hydroxyl groups is 18. The van der Waals surface area contributed by atoms with E-state index in [1.54, 1.807) is 0 Å². The molecule has 526 valence electrons. The first kappa shape index (κ1) is 75.0. The molecule has 7 aliphatic rings. The third-order valence-corrected chi connectivity index (χ3v) is 16.4. The molecule has 7 rings (SSSR count). The minimum absolute atomic E-state index is 0.661. The summed E-state index contributed by atoms with van der Waals surface area (Å²) in [5.41, 5.74) is 0. The van der Waals surface area contributed by atoms with Crippen LogP contribution in [0.4, 0.5) is 0 Å². The third-order valence-electron chi connectivity index (χ3n) is 16.4. The lowest BCUT2D eigenvalue weighted by molar-refractivity contribution is -0.396. The first-order chi connectivity index (χ1) is 43.1. The summed E-state index contributed by atoms with van der Waals surface area (Å²) in [7, 11) is 1.18. The van der Waals surface area contributed by atoms with Gasteiger partial charge in [-0.2, -0.15) is 0 Å². The summed E-state index contributed by atoms with van der Waals surface area (Å²) in [6.45, 7) is -2.90. The van der Waals surface area contributed by atoms with E-state index in [0.717, 1.165) is 27.7 Å². The number of hydrogen-bond acceptors (Lipinski definition) is 36. The van der Waals surface area contributed by atoms with Gasteiger partial charge in [0.2, 0.25) is 23.6 Å². The number of nitrogens with one attached hydrogen (secondary N) is 4. The normalized spacial score (nSPS) is 47.2. The second-order valence-corrected chi connectivity index (χ2v) is 22.8. The van der Waals surface area contributed by atoms with E-state index < -0.39 is 285 Å². The fraction of sp³-hybridized carbons (Fsp3) is 0.922. The topological polar surface area (TPSA) is 610 Å². The number of hydrogen-bond donors (Lipinski definition) is 22. The molecule has 7 saturated heterocycles. The van der Waals surface area contributed by atoms with Gasteiger partial charge in [-0.3, -0.25) is 19.2 Å². The molecule has 0 unspecified atom stereocenters. The maximum Gasteiger partial charge on any atom is 0.217 e. The SMILES string of the molecule is CO[C@@H]1O[C@H](CO)[C@@H](O[C@@H]2O[C@H](CO)[C@@H](O[C@@H]3O[C@H](CO[C@H]4O[C@H](CO)[C@@H](O)[C@H](O)[C@@H]4O[C@@H]4O[C@H](CO)[C@@H](O)[C@H](O)[C@H]4NC(C)=O)[C@@H](O)[C@H](O[C@H]4O[C@H](CO)[C@@H](O)[C@H](O)[C@@H]4O[C@@H]4O[C@H](CO)[C@@H](O)[C@H](O)[C@H]4NC(C)=O)[C@@H]3O)[C@H](O)[C@H]2NC(C)=O)[C@H](O)[C@H]1NC(C)=O. The summed E-state index contributed by atoms with van der Waals surface area (Å²) in [6, 6.07) is -6.57. The molecule has 0 saturated carbocycles. The standard InChI is InChI=1S/C51H86N4O36/c1-13(62)52-24-33(71)28(66)17(6-56)80-46(24)90-43-37(75)30(68)19(8-58)82-50(43)79-12-23-32(70)42(89-51-44(38(76)31(69)20(9-59)83-51)91-47-25(53-14(2)63)34(72)29(67)18(7-57)81-47)39(77)49(86-23)88-41-22(11-61)85-48(27(36(41)74)55-16(4)65)87-40-21(10-60)84-45(78-5)26(35(40)73)54-15(3)64/h17-51,56-61,66-77H,6-12H2,1-5H3,(H,52,62)(H,53,63)(H,54,64)(H,55,65)/t17-,18-,19-,20-,21-,22-,23-,24-,25-,26-,27-,28-,29-,30-,31-,32-,33-,34-,35-,36-,37+,38+,39+,40-,41-,42+,43+,44+,45-,46+,47+,48+,49+,50+,51-/m1/s1. The highest BCUT2D eigenvalue weighted by atomic mass is 16.8. The Bertz CT molecular complexity index is 2330. The number of amides is 4. The molecule has 0 aromatic heterocycles. The third kappa shape index (κ3) is 16.9. The van der Waals surface area contributed by atoms with Crippen LogP contribution < -0.4 is 21.3 Å². The van der Waals surface area contributed by atoms with Crippen molar-refractivity contribution in [2.75, 3.05) is 53.4 Å². The molecule has 0 aliphatic carbocycles. The predicted octanol–water partition coefficient (Wildman–Crippen LogP) is -15.0. The number of carbonyl (C=O) groups is 4. The fourth-order valence-corrected chi connectivity index (χ4v) is 11.7. The Kier molecular flexibility index (Phi) is 27.2. The van der Waals surface area contributed by atoms with Crippen molar-refractivity contribution in [1.82, 2.24) is 21.3 Å². The van der Waals surface area contributed by atoms with Crippen LogP contribution in [0.5, 0.6) is 0 Å². The van der Waals surface area contributed by atoms with Gasteiger partial charge in [-0.1, -0.05) is 0 Å². The molecular formula is C51H86N4O36. The average molecular weight is 1330 g/mol. The molecule has 7 heterocycles. The molecule has 0 bridgehead atoms. The number of rotatable bonds is 24. The Morgan fingerprint density at radius 3 is 0.967 bits per heavy atom. The van der Waals surface area contributed by atoms with Crippen LogP contribution in [0.15, 0.2) is 0 Å². The second-order valence-electron chi connectivity index (χ2n) is 22.8. The molecule has 0 radical (unpaired) electrons. The van der Waals surface area contributed by atoms with Gasteiger partial charge < -0.3 is 180 Å². The van der Waals surface area contributed by atoms with Crippen LogP contribution in [0.2, 0.25) is 0 Å². The Balaban J connectivity index is 1.25. The van der Waals surface area contributed by atoms with Crippen LogP contribution in [0, 0.1) is 0 Å². The van der Waals surface area contributed by atoms with E-state index >= 15 is 0 Å². The van der Waals surface area contributed by atoms with Gasteiger partial charge in [-0.15, -0.1) is 0 Å². The van der Waals surface area contributed by atoms with Crippen LogP contribution in [0.1, 0.15) is 27.7 Å². The van der Waals surface area contributed by atoms with Crippen LogP contribution in [-0.4, -0.2) is 384 Å². The minimum Gasteiger partial charge on any atom is -0.394 e. The molecule has 22 N–H and O–H groups in total. The molecule has 7 aliphatic heterocycles. The summed E-state index contributed by atoms with van der Waals surface area (Å²) >= 11 is 0.